The second kappa shape index (κ2) is 13.8. The van der Waals surface area contributed by atoms with E-state index in [1.807, 2.05) is 0 Å². The summed E-state index contributed by atoms with van der Waals surface area (Å²) in [5, 5.41) is 14.3. The number of Topliss-reactive ketones (excluding diaryl/α,β-unsaturated/α-hetero) is 1. The van der Waals surface area contributed by atoms with E-state index < -0.39 is 41.7 Å². The van der Waals surface area contributed by atoms with Crippen LogP contribution in [0.4, 0.5) is 0 Å². The van der Waals surface area contributed by atoms with Gasteiger partial charge in [0.05, 0.1) is 6.42 Å². The third kappa shape index (κ3) is 10.2. The fourth-order valence-corrected chi connectivity index (χ4v) is 2.91. The van der Waals surface area contributed by atoms with E-state index in [2.05, 4.69) is 17.6 Å². The number of esters is 1. The number of aliphatic hydroxyl groups is 1. The summed E-state index contributed by atoms with van der Waals surface area (Å²) in [5.41, 5.74) is 0. The molecule has 1 heterocycles. The highest BCUT2D eigenvalue weighted by molar-refractivity contribution is 6.05. The Balaban J connectivity index is 2.06. The molecule has 0 aromatic carbocycles. The van der Waals surface area contributed by atoms with Crippen molar-refractivity contribution in [3.8, 4) is 0 Å². The van der Waals surface area contributed by atoms with Gasteiger partial charge >= 0.3 is 5.97 Å². The Bertz CT molecular complexity index is 591. The van der Waals surface area contributed by atoms with Crippen LogP contribution < -0.4 is 10.6 Å². The number of hydrogen-bond donors (Lipinski definition) is 3. The standard InChI is InChI=1S/C20H32N2O7/c1-2-3-4-5-7-10-14(23)18(26)20(28)21-12-9-6-8-11-17(25)29-15-13-16(24)22-19(15)27/h15,18,26H,2-13H2,1H3,(H,21,28)(H,22,24,27). The zero-order chi connectivity index (χ0) is 21.6. The van der Waals surface area contributed by atoms with Gasteiger partial charge in [-0.15, -0.1) is 0 Å². The first-order valence-corrected chi connectivity index (χ1v) is 10.4. The van der Waals surface area contributed by atoms with Gasteiger partial charge in [0.15, 0.2) is 18.0 Å². The molecule has 2 atom stereocenters. The molecule has 3 amide bonds. The van der Waals surface area contributed by atoms with Crippen LogP contribution in [0.3, 0.4) is 0 Å². The van der Waals surface area contributed by atoms with E-state index in [1.165, 1.54) is 0 Å². The first kappa shape index (κ1) is 24.7. The van der Waals surface area contributed by atoms with Gasteiger partial charge in [0.1, 0.15) is 0 Å². The van der Waals surface area contributed by atoms with Crippen molar-refractivity contribution in [3.05, 3.63) is 0 Å². The quantitative estimate of drug-likeness (QED) is 0.157. The van der Waals surface area contributed by atoms with Crippen LogP contribution in [0.1, 0.15) is 77.6 Å². The van der Waals surface area contributed by atoms with Crippen molar-refractivity contribution in [2.45, 2.75) is 89.8 Å². The van der Waals surface area contributed by atoms with Gasteiger partial charge in [0.2, 0.25) is 5.91 Å². The van der Waals surface area contributed by atoms with Crippen molar-refractivity contribution < 1.29 is 33.8 Å². The van der Waals surface area contributed by atoms with Crippen LogP contribution in [0.5, 0.6) is 0 Å². The van der Waals surface area contributed by atoms with Gasteiger partial charge < -0.3 is 15.2 Å². The number of aliphatic hydroxyl groups excluding tert-OH is 1. The minimum Gasteiger partial charge on any atom is -0.452 e. The van der Waals surface area contributed by atoms with Gasteiger partial charge in [-0.05, 0) is 19.3 Å². The minimum atomic E-state index is -1.63. The normalized spacial score (nSPS) is 17.0. The average Bonchev–Trinajstić information content (AvgIpc) is 3.00. The topological polar surface area (TPSA) is 139 Å². The van der Waals surface area contributed by atoms with Gasteiger partial charge in [-0.3, -0.25) is 29.3 Å². The summed E-state index contributed by atoms with van der Waals surface area (Å²) in [6.45, 7) is 2.39. The zero-order valence-electron chi connectivity index (χ0n) is 17.0. The maximum atomic E-state index is 11.8. The number of hydrogen-bond acceptors (Lipinski definition) is 7. The zero-order valence-corrected chi connectivity index (χ0v) is 17.0. The number of imide groups is 1. The molecule has 1 rings (SSSR count). The molecule has 2 unspecified atom stereocenters. The van der Waals surface area contributed by atoms with E-state index >= 15 is 0 Å². The summed E-state index contributed by atoms with van der Waals surface area (Å²) in [6.07, 6.45) is 4.04. The number of unbranched alkanes of at least 4 members (excludes halogenated alkanes) is 6. The predicted octanol–water partition coefficient (Wildman–Crippen LogP) is 0.912. The molecule has 164 valence electrons. The van der Waals surface area contributed by atoms with Crippen molar-refractivity contribution in [3.63, 3.8) is 0 Å². The molecule has 0 radical (unpaired) electrons. The summed E-state index contributed by atoms with van der Waals surface area (Å²) in [6, 6.07) is 0. The molecule has 0 saturated carbocycles. The Hall–Kier alpha value is -2.29. The second-order valence-electron chi connectivity index (χ2n) is 7.23. The number of carbonyl (C=O) groups is 5. The van der Waals surface area contributed by atoms with Crippen LogP contribution in [0, 0.1) is 0 Å². The molecular formula is C20H32N2O7. The van der Waals surface area contributed by atoms with E-state index in [-0.39, 0.29) is 25.8 Å². The van der Waals surface area contributed by atoms with E-state index in [9.17, 15) is 29.1 Å². The fraction of sp³-hybridized carbons (Fsp3) is 0.750. The lowest BCUT2D eigenvalue weighted by molar-refractivity contribution is -0.154. The average molecular weight is 412 g/mol. The molecular weight excluding hydrogens is 380 g/mol. The van der Waals surface area contributed by atoms with E-state index in [0.717, 1.165) is 25.7 Å². The highest BCUT2D eigenvalue weighted by atomic mass is 16.5. The number of ether oxygens (including phenoxy) is 1. The van der Waals surface area contributed by atoms with Crippen molar-refractivity contribution in [2.24, 2.45) is 0 Å². The Morgan fingerprint density at radius 3 is 2.38 bits per heavy atom. The molecule has 0 spiro atoms. The highest BCUT2D eigenvalue weighted by Gasteiger charge is 2.33. The molecule has 1 saturated heterocycles. The molecule has 1 aliphatic rings. The van der Waals surface area contributed by atoms with Crippen molar-refractivity contribution in [1.29, 1.82) is 0 Å². The highest BCUT2D eigenvalue weighted by Crippen LogP contribution is 2.10. The maximum absolute atomic E-state index is 11.8. The fourth-order valence-electron chi connectivity index (χ4n) is 2.91. The van der Waals surface area contributed by atoms with Crippen LogP contribution >= 0.6 is 0 Å². The molecule has 0 bridgehead atoms. The molecule has 1 aliphatic heterocycles. The number of rotatable bonds is 15. The summed E-state index contributed by atoms with van der Waals surface area (Å²) < 4.78 is 4.94. The number of carbonyl (C=O) groups excluding carboxylic acids is 5. The van der Waals surface area contributed by atoms with Crippen molar-refractivity contribution in [1.82, 2.24) is 10.6 Å². The van der Waals surface area contributed by atoms with Crippen LogP contribution in [-0.2, 0) is 28.7 Å². The third-order valence-corrected chi connectivity index (χ3v) is 4.64. The number of ketones is 1. The first-order valence-electron chi connectivity index (χ1n) is 10.4. The number of nitrogens with one attached hydrogen (secondary N) is 2. The van der Waals surface area contributed by atoms with Crippen molar-refractivity contribution in [2.75, 3.05) is 6.54 Å². The monoisotopic (exact) mass is 412 g/mol. The van der Waals surface area contributed by atoms with Gasteiger partial charge in [-0.25, -0.2) is 0 Å². The molecule has 9 nitrogen and oxygen atoms in total. The summed E-state index contributed by atoms with van der Waals surface area (Å²) in [7, 11) is 0. The second-order valence-corrected chi connectivity index (χ2v) is 7.23. The molecule has 0 aromatic rings. The van der Waals surface area contributed by atoms with E-state index in [0.29, 0.717) is 25.7 Å². The van der Waals surface area contributed by atoms with Gasteiger partial charge in [0, 0.05) is 19.4 Å². The largest absolute Gasteiger partial charge is 0.452 e. The van der Waals surface area contributed by atoms with Crippen LogP contribution in [0.2, 0.25) is 0 Å². The van der Waals surface area contributed by atoms with Crippen molar-refractivity contribution >= 4 is 29.5 Å². The van der Waals surface area contributed by atoms with Crippen LogP contribution in [0.25, 0.3) is 0 Å². The summed E-state index contributed by atoms with van der Waals surface area (Å²) in [5.74, 6) is -2.76. The lowest BCUT2D eigenvalue weighted by Gasteiger charge is -2.11. The molecule has 29 heavy (non-hydrogen) atoms. The summed E-state index contributed by atoms with van der Waals surface area (Å²) >= 11 is 0. The third-order valence-electron chi connectivity index (χ3n) is 4.64. The SMILES string of the molecule is CCCCCCCC(=O)C(O)C(=O)NCCCCCC(=O)OC1CC(=O)NC1=O. The molecule has 9 heteroatoms. The Labute approximate surface area is 170 Å². The smallest absolute Gasteiger partial charge is 0.306 e. The molecule has 3 N–H and O–H groups in total. The Kier molecular flexibility index (Phi) is 11.8. The predicted molar refractivity (Wildman–Crippen MR) is 104 cm³/mol. The molecule has 1 fully saturated rings. The number of amides is 3. The van der Waals surface area contributed by atoms with Crippen LogP contribution in [0.15, 0.2) is 0 Å². The van der Waals surface area contributed by atoms with E-state index in [4.69, 9.17) is 4.74 Å². The Morgan fingerprint density at radius 2 is 1.72 bits per heavy atom. The minimum absolute atomic E-state index is 0.102. The molecule has 0 aromatic heterocycles. The van der Waals surface area contributed by atoms with Gasteiger partial charge in [-0.2, -0.15) is 0 Å². The first-order chi connectivity index (χ1) is 13.8. The van der Waals surface area contributed by atoms with Gasteiger partial charge in [-0.1, -0.05) is 39.0 Å². The van der Waals surface area contributed by atoms with Crippen LogP contribution in [-0.4, -0.2) is 53.3 Å². The Morgan fingerprint density at radius 1 is 1.07 bits per heavy atom. The maximum Gasteiger partial charge on any atom is 0.306 e. The van der Waals surface area contributed by atoms with E-state index in [1.54, 1.807) is 0 Å². The lowest BCUT2D eigenvalue weighted by atomic mass is 10.1. The van der Waals surface area contributed by atoms with Gasteiger partial charge in [0.25, 0.3) is 11.8 Å². The summed E-state index contributed by atoms with van der Waals surface area (Å²) in [4.78, 5) is 57.6. The molecule has 0 aliphatic carbocycles. The lowest BCUT2D eigenvalue weighted by Crippen LogP contribution is -2.40.